The van der Waals surface area contributed by atoms with E-state index in [1.54, 1.807) is 19.2 Å². The molecule has 0 radical (unpaired) electrons. The van der Waals surface area contributed by atoms with Crippen molar-refractivity contribution in [1.82, 2.24) is 9.97 Å². The number of methoxy groups -OCH3 is 1. The number of hydrogen-bond donors (Lipinski definition) is 2. The first-order valence-electron chi connectivity index (χ1n) is 6.57. The number of anilines is 3. The molecule has 0 atom stereocenters. The van der Waals surface area contributed by atoms with Gasteiger partial charge in [0.1, 0.15) is 5.82 Å². The van der Waals surface area contributed by atoms with Gasteiger partial charge in [-0.25, -0.2) is 4.98 Å². The maximum Gasteiger partial charge on any atom is 0.229 e. The Morgan fingerprint density at radius 2 is 2.00 bits per heavy atom. The highest BCUT2D eigenvalue weighted by Gasteiger charge is 2.03. The zero-order chi connectivity index (χ0) is 15.1. The number of nitrogens with zero attached hydrogens (tertiary/aromatic N) is 3. The summed E-state index contributed by atoms with van der Waals surface area (Å²) in [5.41, 5.74) is 2.32. The quantitative estimate of drug-likeness (QED) is 0.792. The van der Waals surface area contributed by atoms with Crippen molar-refractivity contribution >= 4 is 17.5 Å². The fourth-order valence-corrected chi connectivity index (χ4v) is 1.75. The van der Waals surface area contributed by atoms with Crippen molar-refractivity contribution in [3.05, 3.63) is 41.6 Å². The van der Waals surface area contributed by atoms with Crippen molar-refractivity contribution in [3.63, 3.8) is 0 Å². The van der Waals surface area contributed by atoms with Gasteiger partial charge >= 0.3 is 0 Å². The van der Waals surface area contributed by atoms with Gasteiger partial charge in [0.15, 0.2) is 0 Å². The van der Waals surface area contributed by atoms with Gasteiger partial charge in [-0.1, -0.05) is 0 Å². The molecule has 0 unspecified atom stereocenters. The predicted molar refractivity (Wildman–Crippen MR) is 81.6 cm³/mol. The summed E-state index contributed by atoms with van der Waals surface area (Å²) in [6.07, 6.45) is 0. The first kappa shape index (κ1) is 14.8. The van der Waals surface area contributed by atoms with Gasteiger partial charge in [-0.2, -0.15) is 10.2 Å². The Bertz CT molecular complexity index is 634. The van der Waals surface area contributed by atoms with E-state index in [1.807, 2.05) is 25.1 Å². The molecule has 21 heavy (non-hydrogen) atoms. The molecule has 6 nitrogen and oxygen atoms in total. The Morgan fingerprint density at radius 1 is 1.24 bits per heavy atom. The van der Waals surface area contributed by atoms with Crippen LogP contribution in [0.2, 0.25) is 0 Å². The molecule has 2 rings (SSSR count). The van der Waals surface area contributed by atoms with E-state index in [1.165, 1.54) is 0 Å². The number of rotatable bonds is 6. The fourth-order valence-electron chi connectivity index (χ4n) is 1.75. The van der Waals surface area contributed by atoms with Crippen molar-refractivity contribution in [2.24, 2.45) is 0 Å². The Balaban J connectivity index is 2.09. The summed E-state index contributed by atoms with van der Waals surface area (Å²) in [6.45, 7) is 3.21. The second kappa shape index (κ2) is 7.22. The summed E-state index contributed by atoms with van der Waals surface area (Å²) in [5, 5.41) is 15.1. The van der Waals surface area contributed by atoms with E-state index in [0.717, 1.165) is 17.2 Å². The van der Waals surface area contributed by atoms with E-state index in [0.29, 0.717) is 24.7 Å². The van der Waals surface area contributed by atoms with Gasteiger partial charge in [0, 0.05) is 31.1 Å². The number of aryl methyl sites for hydroxylation is 1. The van der Waals surface area contributed by atoms with E-state index in [4.69, 9.17) is 10.00 Å². The highest BCUT2D eigenvalue weighted by molar-refractivity contribution is 5.56. The van der Waals surface area contributed by atoms with Crippen molar-refractivity contribution in [2.45, 2.75) is 6.92 Å². The van der Waals surface area contributed by atoms with Crippen LogP contribution < -0.4 is 10.6 Å². The predicted octanol–water partition coefficient (Wildman–Crippen LogP) is 2.46. The molecule has 0 aliphatic carbocycles. The summed E-state index contributed by atoms with van der Waals surface area (Å²) in [6, 6.07) is 11.1. The average Bonchev–Trinajstić information content (AvgIpc) is 2.48. The number of benzene rings is 1. The largest absolute Gasteiger partial charge is 0.383 e. The third kappa shape index (κ3) is 4.44. The highest BCUT2D eigenvalue weighted by atomic mass is 16.5. The van der Waals surface area contributed by atoms with Crippen LogP contribution in [0.4, 0.5) is 17.5 Å². The Morgan fingerprint density at radius 3 is 2.67 bits per heavy atom. The zero-order valence-corrected chi connectivity index (χ0v) is 12.1. The van der Waals surface area contributed by atoms with Crippen LogP contribution in [0.3, 0.4) is 0 Å². The molecule has 0 bridgehead atoms. The standard InChI is InChI=1S/C15H17N5O/c1-11-9-14(17-7-8-21-2)20-15(18-11)19-13-5-3-12(10-16)4-6-13/h3-6,9H,7-8H2,1-2H3,(H2,17,18,19,20). The van der Waals surface area contributed by atoms with E-state index < -0.39 is 0 Å². The molecule has 0 fully saturated rings. The molecule has 0 spiro atoms. The molecule has 2 N–H and O–H groups in total. The first-order valence-corrected chi connectivity index (χ1v) is 6.57. The van der Waals surface area contributed by atoms with E-state index >= 15 is 0 Å². The minimum atomic E-state index is 0.514. The topological polar surface area (TPSA) is 82.9 Å². The molecular weight excluding hydrogens is 266 g/mol. The highest BCUT2D eigenvalue weighted by Crippen LogP contribution is 2.16. The van der Waals surface area contributed by atoms with Crippen LogP contribution in [-0.4, -0.2) is 30.2 Å². The summed E-state index contributed by atoms with van der Waals surface area (Å²) in [4.78, 5) is 8.73. The lowest BCUT2D eigenvalue weighted by atomic mass is 10.2. The van der Waals surface area contributed by atoms with Crippen LogP contribution >= 0.6 is 0 Å². The number of aromatic nitrogens is 2. The van der Waals surface area contributed by atoms with Crippen LogP contribution in [0.25, 0.3) is 0 Å². The lowest BCUT2D eigenvalue weighted by Crippen LogP contribution is -2.10. The van der Waals surface area contributed by atoms with Gasteiger partial charge in [-0.05, 0) is 31.2 Å². The number of nitriles is 1. The molecule has 0 saturated carbocycles. The third-order valence-corrected chi connectivity index (χ3v) is 2.74. The number of hydrogen-bond acceptors (Lipinski definition) is 6. The van der Waals surface area contributed by atoms with Crippen molar-refractivity contribution in [2.75, 3.05) is 30.9 Å². The van der Waals surface area contributed by atoms with E-state index in [2.05, 4.69) is 26.7 Å². The Hall–Kier alpha value is -2.65. The van der Waals surface area contributed by atoms with E-state index in [-0.39, 0.29) is 0 Å². The van der Waals surface area contributed by atoms with Gasteiger partial charge in [0.25, 0.3) is 0 Å². The molecule has 6 heteroatoms. The molecule has 1 aromatic carbocycles. The molecule has 0 saturated heterocycles. The van der Waals surface area contributed by atoms with Crippen LogP contribution in [0.5, 0.6) is 0 Å². The fraction of sp³-hybridized carbons (Fsp3) is 0.267. The average molecular weight is 283 g/mol. The van der Waals surface area contributed by atoms with Crippen LogP contribution in [0.15, 0.2) is 30.3 Å². The third-order valence-electron chi connectivity index (χ3n) is 2.74. The molecule has 1 aromatic heterocycles. The lowest BCUT2D eigenvalue weighted by Gasteiger charge is -2.09. The maximum absolute atomic E-state index is 8.78. The van der Waals surface area contributed by atoms with Gasteiger partial charge in [0.2, 0.25) is 5.95 Å². The van der Waals surface area contributed by atoms with Gasteiger partial charge < -0.3 is 15.4 Å². The smallest absolute Gasteiger partial charge is 0.229 e. The minimum Gasteiger partial charge on any atom is -0.383 e. The van der Waals surface area contributed by atoms with Crippen LogP contribution in [0.1, 0.15) is 11.3 Å². The summed E-state index contributed by atoms with van der Waals surface area (Å²) < 4.78 is 4.99. The Kier molecular flexibility index (Phi) is 5.07. The molecule has 0 amide bonds. The first-order chi connectivity index (χ1) is 10.2. The number of ether oxygens (including phenoxy) is 1. The molecule has 108 valence electrons. The second-order valence-corrected chi connectivity index (χ2v) is 4.45. The Labute approximate surface area is 123 Å². The van der Waals surface area contributed by atoms with Gasteiger partial charge in [-0.3, -0.25) is 0 Å². The molecule has 1 heterocycles. The van der Waals surface area contributed by atoms with Crippen LogP contribution in [0, 0.1) is 18.3 Å². The van der Waals surface area contributed by atoms with Gasteiger partial charge in [0.05, 0.1) is 18.2 Å². The SMILES string of the molecule is COCCNc1cc(C)nc(Nc2ccc(C#N)cc2)n1. The van der Waals surface area contributed by atoms with Crippen molar-refractivity contribution in [1.29, 1.82) is 5.26 Å². The van der Waals surface area contributed by atoms with Crippen LogP contribution in [-0.2, 0) is 4.74 Å². The second-order valence-electron chi connectivity index (χ2n) is 4.45. The lowest BCUT2D eigenvalue weighted by molar-refractivity contribution is 0.210. The molecule has 2 aromatic rings. The van der Waals surface area contributed by atoms with E-state index in [9.17, 15) is 0 Å². The molecule has 0 aliphatic rings. The summed E-state index contributed by atoms with van der Waals surface area (Å²) >= 11 is 0. The van der Waals surface area contributed by atoms with Crippen molar-refractivity contribution in [3.8, 4) is 6.07 Å². The number of nitrogens with one attached hydrogen (secondary N) is 2. The van der Waals surface area contributed by atoms with Gasteiger partial charge in [-0.15, -0.1) is 0 Å². The molecular formula is C15H17N5O. The maximum atomic E-state index is 8.78. The molecule has 0 aliphatic heterocycles. The summed E-state index contributed by atoms with van der Waals surface area (Å²) in [5.74, 6) is 1.26. The summed E-state index contributed by atoms with van der Waals surface area (Å²) in [7, 11) is 1.66. The van der Waals surface area contributed by atoms with Crippen molar-refractivity contribution < 1.29 is 4.74 Å². The zero-order valence-electron chi connectivity index (χ0n) is 12.1. The normalized spacial score (nSPS) is 9.95. The minimum absolute atomic E-state index is 0.514. The monoisotopic (exact) mass is 283 g/mol.